The molecule has 1 aliphatic carbocycles. The second-order valence-corrected chi connectivity index (χ2v) is 6.47. The Kier molecular flexibility index (Phi) is 4.09. The van der Waals surface area contributed by atoms with Gasteiger partial charge in [-0.15, -0.1) is 0 Å². The monoisotopic (exact) mass is 351 g/mol. The Bertz CT molecular complexity index is 627. The Morgan fingerprint density at radius 2 is 1.62 bits per heavy atom. The zero-order valence-electron chi connectivity index (χ0n) is 11.5. The molecular weight excluding hydrogens is 336 g/mol. The van der Waals surface area contributed by atoms with Crippen LogP contribution >= 0.6 is 15.9 Å². The van der Waals surface area contributed by atoms with Gasteiger partial charge in [0.25, 0.3) is 0 Å². The zero-order valence-corrected chi connectivity index (χ0v) is 13.0. The fourth-order valence-corrected chi connectivity index (χ4v) is 3.14. The molecule has 0 aliphatic heterocycles. The van der Waals surface area contributed by atoms with E-state index in [1.807, 2.05) is 24.3 Å². The van der Waals surface area contributed by atoms with Gasteiger partial charge in [0.1, 0.15) is 11.6 Å². The van der Waals surface area contributed by atoms with E-state index in [9.17, 15) is 8.78 Å². The molecule has 0 saturated heterocycles. The Balaban J connectivity index is 1.89. The van der Waals surface area contributed by atoms with E-state index in [0.717, 1.165) is 5.56 Å². The second-order valence-electron chi connectivity index (χ2n) is 5.56. The third kappa shape index (κ3) is 2.87. The molecule has 4 heteroatoms. The zero-order chi connectivity index (χ0) is 15.0. The average Bonchev–Trinajstić information content (AvgIpc) is 2.36. The molecule has 0 aromatic heterocycles. The SMILES string of the molecule is NC(c1ccc(C2CCC2)cc1)c1c(F)cc(Br)cc1F. The Labute approximate surface area is 131 Å². The highest BCUT2D eigenvalue weighted by Crippen LogP contribution is 2.37. The molecule has 2 aromatic carbocycles. The van der Waals surface area contributed by atoms with Gasteiger partial charge in [0, 0.05) is 10.0 Å². The predicted octanol–water partition coefficient (Wildman–Crippen LogP) is 5.04. The van der Waals surface area contributed by atoms with E-state index >= 15 is 0 Å². The van der Waals surface area contributed by atoms with E-state index in [0.29, 0.717) is 10.4 Å². The van der Waals surface area contributed by atoms with Crippen LogP contribution in [0.1, 0.15) is 47.9 Å². The van der Waals surface area contributed by atoms with E-state index in [-0.39, 0.29) is 5.56 Å². The topological polar surface area (TPSA) is 26.0 Å². The number of nitrogens with two attached hydrogens (primary N) is 1. The largest absolute Gasteiger partial charge is 0.320 e. The summed E-state index contributed by atoms with van der Waals surface area (Å²) in [5.74, 6) is -0.619. The van der Waals surface area contributed by atoms with Gasteiger partial charge in [0.05, 0.1) is 6.04 Å². The third-order valence-corrected chi connectivity index (χ3v) is 4.68. The van der Waals surface area contributed by atoms with Crippen molar-refractivity contribution in [2.75, 3.05) is 0 Å². The van der Waals surface area contributed by atoms with Gasteiger partial charge in [-0.05, 0) is 42.0 Å². The molecule has 1 fully saturated rings. The van der Waals surface area contributed by atoms with Crippen molar-refractivity contribution >= 4 is 15.9 Å². The van der Waals surface area contributed by atoms with Crippen LogP contribution in [0.2, 0.25) is 0 Å². The number of benzene rings is 2. The molecule has 2 aromatic rings. The van der Waals surface area contributed by atoms with Crippen LogP contribution in [0.15, 0.2) is 40.9 Å². The van der Waals surface area contributed by atoms with Gasteiger partial charge in [-0.3, -0.25) is 0 Å². The van der Waals surface area contributed by atoms with Crippen molar-refractivity contribution in [3.8, 4) is 0 Å². The van der Waals surface area contributed by atoms with E-state index in [4.69, 9.17) is 5.73 Å². The second kappa shape index (κ2) is 5.85. The molecule has 0 radical (unpaired) electrons. The molecule has 0 bridgehead atoms. The number of hydrogen-bond acceptors (Lipinski definition) is 1. The molecule has 0 amide bonds. The number of halogens is 3. The minimum atomic E-state index is -0.798. The van der Waals surface area contributed by atoms with Crippen LogP contribution < -0.4 is 5.73 Å². The lowest BCUT2D eigenvalue weighted by Gasteiger charge is -2.26. The van der Waals surface area contributed by atoms with Crippen molar-refractivity contribution in [1.82, 2.24) is 0 Å². The van der Waals surface area contributed by atoms with Gasteiger partial charge >= 0.3 is 0 Å². The minimum absolute atomic E-state index is 0.0883. The number of hydrogen-bond donors (Lipinski definition) is 1. The van der Waals surface area contributed by atoms with Crippen LogP contribution in [0.4, 0.5) is 8.78 Å². The maximum atomic E-state index is 14.0. The van der Waals surface area contributed by atoms with E-state index in [1.54, 1.807) is 0 Å². The van der Waals surface area contributed by atoms with Gasteiger partial charge in [-0.2, -0.15) is 0 Å². The van der Waals surface area contributed by atoms with Crippen molar-refractivity contribution in [1.29, 1.82) is 0 Å². The lowest BCUT2D eigenvalue weighted by molar-refractivity contribution is 0.419. The summed E-state index contributed by atoms with van der Waals surface area (Å²) in [5, 5.41) is 0. The van der Waals surface area contributed by atoms with Gasteiger partial charge in [-0.1, -0.05) is 46.6 Å². The smallest absolute Gasteiger partial charge is 0.132 e. The summed E-state index contributed by atoms with van der Waals surface area (Å²) in [6.07, 6.45) is 3.73. The summed E-state index contributed by atoms with van der Waals surface area (Å²) in [6, 6.07) is 9.47. The Hall–Kier alpha value is -1.26. The van der Waals surface area contributed by atoms with Crippen LogP contribution in [0.3, 0.4) is 0 Å². The van der Waals surface area contributed by atoms with Gasteiger partial charge in [0.2, 0.25) is 0 Å². The molecule has 1 unspecified atom stereocenters. The van der Waals surface area contributed by atoms with E-state index < -0.39 is 17.7 Å². The fourth-order valence-electron chi connectivity index (χ4n) is 2.73. The van der Waals surface area contributed by atoms with Gasteiger partial charge in [0.15, 0.2) is 0 Å². The summed E-state index contributed by atoms with van der Waals surface area (Å²) < 4.78 is 28.3. The lowest BCUT2D eigenvalue weighted by Crippen LogP contribution is -2.16. The summed E-state index contributed by atoms with van der Waals surface area (Å²) >= 11 is 3.07. The van der Waals surface area contributed by atoms with Crippen molar-refractivity contribution in [3.63, 3.8) is 0 Å². The van der Waals surface area contributed by atoms with Gasteiger partial charge < -0.3 is 5.73 Å². The first-order valence-electron chi connectivity index (χ1n) is 7.06. The first-order valence-corrected chi connectivity index (χ1v) is 7.85. The summed E-state index contributed by atoms with van der Waals surface area (Å²) in [5.41, 5.74) is 7.96. The molecule has 0 spiro atoms. The number of rotatable bonds is 3. The van der Waals surface area contributed by atoms with Gasteiger partial charge in [-0.25, -0.2) is 8.78 Å². The molecule has 0 heterocycles. The highest BCUT2D eigenvalue weighted by molar-refractivity contribution is 9.10. The summed E-state index contributed by atoms with van der Waals surface area (Å²) in [7, 11) is 0. The normalized spacial score (nSPS) is 16.6. The van der Waals surface area contributed by atoms with Crippen molar-refractivity contribution in [3.05, 3.63) is 69.2 Å². The van der Waals surface area contributed by atoms with Crippen molar-refractivity contribution < 1.29 is 8.78 Å². The van der Waals surface area contributed by atoms with Crippen molar-refractivity contribution in [2.24, 2.45) is 5.73 Å². The molecule has 2 N–H and O–H groups in total. The van der Waals surface area contributed by atoms with Crippen LogP contribution in [-0.4, -0.2) is 0 Å². The maximum absolute atomic E-state index is 14.0. The highest BCUT2D eigenvalue weighted by Gasteiger charge is 2.22. The predicted molar refractivity (Wildman–Crippen MR) is 83.1 cm³/mol. The van der Waals surface area contributed by atoms with E-state index in [1.165, 1.54) is 37.0 Å². The van der Waals surface area contributed by atoms with Crippen LogP contribution in [0.5, 0.6) is 0 Å². The molecule has 1 saturated carbocycles. The Morgan fingerprint density at radius 1 is 1.05 bits per heavy atom. The summed E-state index contributed by atoms with van der Waals surface area (Å²) in [6.45, 7) is 0. The van der Waals surface area contributed by atoms with E-state index in [2.05, 4.69) is 15.9 Å². The van der Waals surface area contributed by atoms with Crippen LogP contribution in [0, 0.1) is 11.6 Å². The first kappa shape index (κ1) is 14.7. The lowest BCUT2D eigenvalue weighted by atomic mass is 9.79. The molecule has 3 rings (SSSR count). The molecule has 1 aliphatic rings. The van der Waals surface area contributed by atoms with Crippen molar-refractivity contribution in [2.45, 2.75) is 31.2 Å². The molecule has 1 atom stereocenters. The first-order chi connectivity index (χ1) is 10.1. The molecule has 1 nitrogen and oxygen atoms in total. The molecular formula is C17H16BrF2N. The fraction of sp³-hybridized carbons (Fsp3) is 0.294. The summed E-state index contributed by atoms with van der Waals surface area (Å²) in [4.78, 5) is 0. The third-order valence-electron chi connectivity index (χ3n) is 4.23. The maximum Gasteiger partial charge on any atom is 0.132 e. The average molecular weight is 352 g/mol. The van der Waals surface area contributed by atoms with Crippen LogP contribution in [0.25, 0.3) is 0 Å². The molecule has 110 valence electrons. The minimum Gasteiger partial charge on any atom is -0.320 e. The standard InChI is InChI=1S/C17H16BrF2N/c18-13-8-14(19)16(15(20)9-13)17(21)12-6-4-11(5-7-12)10-2-1-3-10/h4-10,17H,1-3,21H2. The molecule has 21 heavy (non-hydrogen) atoms. The van der Waals surface area contributed by atoms with Crippen LogP contribution in [-0.2, 0) is 0 Å². The highest BCUT2D eigenvalue weighted by atomic mass is 79.9. The Morgan fingerprint density at radius 3 is 2.10 bits per heavy atom. The quantitative estimate of drug-likeness (QED) is 0.823.